The second-order valence-electron chi connectivity index (χ2n) is 5.10. The van der Waals surface area contributed by atoms with E-state index in [0.717, 1.165) is 31.2 Å². The number of hydrogen-bond donors (Lipinski definition) is 1. The van der Waals surface area contributed by atoms with Crippen molar-refractivity contribution >= 4 is 17.5 Å². The molecule has 1 N–H and O–H groups in total. The van der Waals surface area contributed by atoms with Crippen LogP contribution in [0.4, 0.5) is 0 Å². The molecule has 0 heterocycles. The maximum atomic E-state index is 12.6. The molecule has 19 heavy (non-hydrogen) atoms. The van der Waals surface area contributed by atoms with E-state index in [1.54, 1.807) is 25.1 Å². The molecule has 0 unspecified atom stereocenters. The van der Waals surface area contributed by atoms with E-state index in [-0.39, 0.29) is 17.7 Å². The monoisotopic (exact) mass is 281 g/mol. The summed E-state index contributed by atoms with van der Waals surface area (Å²) >= 11 is 5.82. The van der Waals surface area contributed by atoms with Crippen LogP contribution in [0.5, 0.6) is 5.75 Å². The lowest BCUT2D eigenvalue weighted by molar-refractivity contribution is 0.0692. The number of phenols is 1. The minimum absolute atomic E-state index is 0.0880. The quantitative estimate of drug-likeness (QED) is 0.860. The molecule has 1 fully saturated rings. The Kier molecular flexibility index (Phi) is 4.70. The Morgan fingerprint density at radius 2 is 2.11 bits per heavy atom. The summed E-state index contributed by atoms with van der Waals surface area (Å²) in [5, 5.41) is 10.0. The van der Waals surface area contributed by atoms with Crippen molar-refractivity contribution in [1.29, 1.82) is 0 Å². The van der Waals surface area contributed by atoms with Gasteiger partial charge in [-0.2, -0.15) is 0 Å². The fourth-order valence-corrected chi connectivity index (χ4v) is 2.93. The van der Waals surface area contributed by atoms with E-state index in [2.05, 4.69) is 0 Å². The summed E-state index contributed by atoms with van der Waals surface area (Å²) in [4.78, 5) is 14.4. The number of phenolic OH excluding ortho intramolecular Hbond substituents is 1. The van der Waals surface area contributed by atoms with Crippen molar-refractivity contribution in [3.63, 3.8) is 0 Å². The Labute approximate surface area is 119 Å². The lowest BCUT2D eigenvalue weighted by atomic mass is 10.1. The Morgan fingerprint density at radius 3 is 2.74 bits per heavy atom. The Bertz CT molecular complexity index is 455. The number of rotatable bonds is 4. The van der Waals surface area contributed by atoms with Crippen LogP contribution in [0.1, 0.15) is 41.6 Å². The minimum Gasteiger partial charge on any atom is -0.507 e. The van der Waals surface area contributed by atoms with Crippen molar-refractivity contribution in [2.45, 2.75) is 38.6 Å². The van der Waals surface area contributed by atoms with Gasteiger partial charge in [-0.3, -0.25) is 4.79 Å². The first kappa shape index (κ1) is 14.2. The van der Waals surface area contributed by atoms with E-state index >= 15 is 0 Å². The summed E-state index contributed by atoms with van der Waals surface area (Å²) < 4.78 is 0. The predicted octanol–water partition coefficient (Wildman–Crippen LogP) is 3.32. The summed E-state index contributed by atoms with van der Waals surface area (Å²) in [5.41, 5.74) is 1.11. The maximum Gasteiger partial charge on any atom is 0.257 e. The van der Waals surface area contributed by atoms with Crippen molar-refractivity contribution in [2.75, 3.05) is 12.4 Å². The van der Waals surface area contributed by atoms with Gasteiger partial charge in [0, 0.05) is 18.5 Å². The van der Waals surface area contributed by atoms with Gasteiger partial charge in [-0.1, -0.05) is 25.0 Å². The van der Waals surface area contributed by atoms with E-state index in [4.69, 9.17) is 11.6 Å². The van der Waals surface area contributed by atoms with E-state index in [9.17, 15) is 9.90 Å². The van der Waals surface area contributed by atoms with Crippen molar-refractivity contribution in [3.05, 3.63) is 29.3 Å². The smallest absolute Gasteiger partial charge is 0.257 e. The highest BCUT2D eigenvalue weighted by atomic mass is 35.5. The van der Waals surface area contributed by atoms with Gasteiger partial charge in [0.05, 0.1) is 5.56 Å². The van der Waals surface area contributed by atoms with Gasteiger partial charge >= 0.3 is 0 Å². The molecule has 2 rings (SSSR count). The fourth-order valence-electron chi connectivity index (χ4n) is 2.74. The molecule has 1 aliphatic carbocycles. The first-order valence-electron chi connectivity index (χ1n) is 6.80. The average molecular weight is 282 g/mol. The number of halogens is 1. The molecule has 4 heteroatoms. The highest BCUT2D eigenvalue weighted by molar-refractivity contribution is 6.18. The van der Waals surface area contributed by atoms with E-state index < -0.39 is 0 Å². The van der Waals surface area contributed by atoms with E-state index in [1.165, 1.54) is 0 Å². The highest BCUT2D eigenvalue weighted by Gasteiger charge is 2.28. The first-order valence-corrected chi connectivity index (χ1v) is 7.34. The summed E-state index contributed by atoms with van der Waals surface area (Å²) in [5.74, 6) is 0.410. The lowest BCUT2D eigenvalue weighted by Crippen LogP contribution is -2.40. The zero-order valence-corrected chi connectivity index (χ0v) is 12.0. The largest absolute Gasteiger partial charge is 0.507 e. The number of aryl methyl sites for hydroxylation is 1. The average Bonchev–Trinajstić information content (AvgIpc) is 2.92. The van der Waals surface area contributed by atoms with Gasteiger partial charge < -0.3 is 10.0 Å². The fraction of sp³-hybridized carbons (Fsp3) is 0.533. The number of carbonyl (C=O) groups excluding carboxylic acids is 1. The van der Waals surface area contributed by atoms with E-state index in [1.807, 2.05) is 4.90 Å². The maximum absolute atomic E-state index is 12.6. The molecular formula is C15H20ClNO2. The van der Waals surface area contributed by atoms with Gasteiger partial charge in [-0.25, -0.2) is 0 Å². The normalized spacial score (nSPS) is 15.7. The number of benzene rings is 1. The number of hydrogen-bond acceptors (Lipinski definition) is 2. The second-order valence-corrected chi connectivity index (χ2v) is 5.47. The molecular weight excluding hydrogens is 262 g/mol. The van der Waals surface area contributed by atoms with Crippen LogP contribution in [-0.4, -0.2) is 34.4 Å². The third-order valence-electron chi connectivity index (χ3n) is 3.82. The van der Waals surface area contributed by atoms with Crippen molar-refractivity contribution in [2.24, 2.45) is 0 Å². The molecule has 0 bridgehead atoms. The second kappa shape index (κ2) is 6.29. The van der Waals surface area contributed by atoms with Crippen LogP contribution in [0.25, 0.3) is 0 Å². The number of amides is 1. The Hall–Kier alpha value is -1.22. The molecule has 0 spiro atoms. The standard InChI is InChI=1S/C15H20ClNO2/c1-11-5-4-8-13(14(11)18)15(19)17(10-9-16)12-6-2-3-7-12/h4-5,8,12,18H,2-3,6-7,9-10H2,1H3. The van der Waals surface area contributed by atoms with Crippen molar-refractivity contribution < 1.29 is 9.90 Å². The molecule has 1 aromatic rings. The van der Waals surface area contributed by atoms with Gasteiger partial charge in [0.25, 0.3) is 5.91 Å². The minimum atomic E-state index is -0.103. The summed E-state index contributed by atoms with van der Waals surface area (Å²) in [6.45, 7) is 2.34. The van der Waals surface area contributed by atoms with Crippen LogP contribution >= 0.6 is 11.6 Å². The SMILES string of the molecule is Cc1cccc(C(=O)N(CCCl)C2CCCC2)c1O. The molecule has 0 atom stereocenters. The number of carbonyl (C=O) groups is 1. The molecule has 1 aromatic carbocycles. The molecule has 0 saturated heterocycles. The Balaban J connectivity index is 2.25. The third-order valence-corrected chi connectivity index (χ3v) is 3.99. The van der Waals surface area contributed by atoms with Crippen LogP contribution in [0.3, 0.4) is 0 Å². The summed E-state index contributed by atoms with van der Waals surface area (Å²) in [7, 11) is 0. The number of aromatic hydroxyl groups is 1. The van der Waals surface area contributed by atoms with E-state index in [0.29, 0.717) is 18.0 Å². The molecule has 1 amide bonds. The topological polar surface area (TPSA) is 40.5 Å². The van der Waals surface area contributed by atoms with Crippen LogP contribution in [0.2, 0.25) is 0 Å². The molecule has 1 aliphatic rings. The lowest BCUT2D eigenvalue weighted by Gasteiger charge is -2.28. The Morgan fingerprint density at radius 1 is 1.42 bits per heavy atom. The van der Waals surface area contributed by atoms with Crippen LogP contribution in [0.15, 0.2) is 18.2 Å². The van der Waals surface area contributed by atoms with Gasteiger partial charge in [-0.15, -0.1) is 11.6 Å². The van der Waals surface area contributed by atoms with Crippen LogP contribution in [-0.2, 0) is 0 Å². The summed E-state index contributed by atoms with van der Waals surface area (Å²) in [6, 6.07) is 5.55. The van der Waals surface area contributed by atoms with Gasteiger partial charge in [0.15, 0.2) is 0 Å². The molecule has 104 valence electrons. The van der Waals surface area contributed by atoms with Crippen molar-refractivity contribution in [3.8, 4) is 5.75 Å². The highest BCUT2D eigenvalue weighted by Crippen LogP contribution is 2.28. The third kappa shape index (κ3) is 3.03. The van der Waals surface area contributed by atoms with Crippen LogP contribution < -0.4 is 0 Å². The number of alkyl halides is 1. The molecule has 1 saturated carbocycles. The van der Waals surface area contributed by atoms with Crippen molar-refractivity contribution in [1.82, 2.24) is 4.90 Å². The molecule has 0 radical (unpaired) electrons. The number of para-hydroxylation sites is 1. The first-order chi connectivity index (χ1) is 9.15. The summed E-state index contributed by atoms with van der Waals surface area (Å²) in [6.07, 6.45) is 4.40. The zero-order valence-electron chi connectivity index (χ0n) is 11.2. The van der Waals surface area contributed by atoms with Gasteiger partial charge in [0.1, 0.15) is 5.75 Å². The molecule has 0 aromatic heterocycles. The predicted molar refractivity (Wildman–Crippen MR) is 76.9 cm³/mol. The number of nitrogens with zero attached hydrogens (tertiary/aromatic N) is 1. The van der Waals surface area contributed by atoms with Crippen LogP contribution in [0, 0.1) is 6.92 Å². The molecule has 3 nitrogen and oxygen atoms in total. The zero-order chi connectivity index (χ0) is 13.8. The van der Waals surface area contributed by atoms with Gasteiger partial charge in [-0.05, 0) is 31.4 Å². The van der Waals surface area contributed by atoms with Gasteiger partial charge in [0.2, 0.25) is 0 Å². The molecule has 0 aliphatic heterocycles.